The van der Waals surface area contributed by atoms with Gasteiger partial charge in [-0.1, -0.05) is 0 Å². The highest BCUT2D eigenvalue weighted by molar-refractivity contribution is 8.18. The van der Waals surface area contributed by atoms with Gasteiger partial charge in [-0.25, -0.2) is 9.97 Å². The molecule has 8 heteroatoms. The smallest absolute Gasteiger partial charge is 0.290 e. The van der Waals surface area contributed by atoms with Crippen LogP contribution in [0, 0.1) is 5.92 Å². The van der Waals surface area contributed by atoms with E-state index in [1.807, 2.05) is 0 Å². The summed E-state index contributed by atoms with van der Waals surface area (Å²) in [5.41, 5.74) is 0.641. The average Bonchev–Trinajstić information content (AvgIpc) is 2.85. The number of nitrogens with zero attached hydrogens (tertiary/aromatic N) is 4. The summed E-state index contributed by atoms with van der Waals surface area (Å²) in [5.74, 6) is 0.921. The van der Waals surface area contributed by atoms with Crippen LogP contribution in [0.2, 0.25) is 0 Å². The number of thioether (sulfide) groups is 1. The molecule has 7 nitrogen and oxygen atoms in total. The molecule has 2 fully saturated rings. The molecule has 0 radical (unpaired) electrons. The van der Waals surface area contributed by atoms with Crippen LogP contribution < -0.4 is 10.2 Å². The Bertz CT molecular complexity index is 676. The number of nitrogens with one attached hydrogen (secondary N) is 1. The minimum atomic E-state index is -0.366. The summed E-state index contributed by atoms with van der Waals surface area (Å²) in [5, 5.41) is 1.90. The summed E-state index contributed by atoms with van der Waals surface area (Å²) in [4.78, 5) is 36.6. The molecule has 0 bridgehead atoms. The van der Waals surface area contributed by atoms with Gasteiger partial charge in [0, 0.05) is 25.8 Å². The van der Waals surface area contributed by atoms with Crippen molar-refractivity contribution in [1.82, 2.24) is 20.2 Å². The molecule has 3 rings (SSSR count). The van der Waals surface area contributed by atoms with Crippen LogP contribution in [0.5, 0.6) is 0 Å². The first-order valence-corrected chi connectivity index (χ1v) is 8.80. The van der Waals surface area contributed by atoms with Crippen LogP contribution in [-0.4, -0.2) is 59.7 Å². The predicted molar refractivity (Wildman–Crippen MR) is 94.6 cm³/mol. The molecule has 2 saturated heterocycles. The van der Waals surface area contributed by atoms with E-state index in [1.54, 1.807) is 18.3 Å². The molecule has 0 spiro atoms. The molecule has 1 atom stereocenters. The molecule has 0 aliphatic carbocycles. The second-order valence-corrected chi connectivity index (χ2v) is 7.36. The maximum Gasteiger partial charge on any atom is 0.290 e. The van der Waals surface area contributed by atoms with Crippen LogP contribution in [-0.2, 0) is 4.79 Å². The Morgan fingerprint density at radius 1 is 1.46 bits per heavy atom. The Hall–Kier alpha value is -1.93. The fourth-order valence-electron chi connectivity index (χ4n) is 3.06. The standard InChI is InChI=1S/C16H21N5O2S/c1-20(2)9-11-4-3-7-21(10-11)15-17-6-5-12(18-15)8-13-14(22)19-16(23)24-13/h5-6,8,11H,3-4,7,9-10H2,1-2H3,(H,19,22,23)/b13-8-. The number of piperidine rings is 1. The van der Waals surface area contributed by atoms with Gasteiger partial charge in [-0.05, 0) is 56.8 Å². The predicted octanol–water partition coefficient (Wildman–Crippen LogP) is 1.58. The van der Waals surface area contributed by atoms with E-state index in [4.69, 9.17) is 0 Å². The van der Waals surface area contributed by atoms with E-state index in [9.17, 15) is 9.59 Å². The molecular weight excluding hydrogens is 326 g/mol. The number of anilines is 1. The van der Waals surface area contributed by atoms with Gasteiger partial charge >= 0.3 is 0 Å². The first kappa shape index (κ1) is 16.9. The summed E-state index contributed by atoms with van der Waals surface area (Å²) in [6.07, 6.45) is 5.68. The van der Waals surface area contributed by atoms with E-state index in [-0.39, 0.29) is 11.1 Å². The van der Waals surface area contributed by atoms with E-state index in [1.165, 1.54) is 6.42 Å². The monoisotopic (exact) mass is 347 g/mol. The number of hydrogen-bond donors (Lipinski definition) is 1. The van der Waals surface area contributed by atoms with Gasteiger partial charge in [-0.3, -0.25) is 14.9 Å². The zero-order valence-corrected chi connectivity index (χ0v) is 14.7. The maximum absolute atomic E-state index is 11.6. The Balaban J connectivity index is 1.74. The molecule has 128 valence electrons. The van der Waals surface area contributed by atoms with Gasteiger partial charge in [0.1, 0.15) is 0 Å². The highest BCUT2D eigenvalue weighted by Gasteiger charge is 2.26. The molecule has 2 amide bonds. The zero-order valence-electron chi connectivity index (χ0n) is 13.9. The third-order valence-electron chi connectivity index (χ3n) is 4.01. The molecule has 24 heavy (non-hydrogen) atoms. The summed E-state index contributed by atoms with van der Waals surface area (Å²) in [7, 11) is 4.18. The van der Waals surface area contributed by atoms with Gasteiger partial charge < -0.3 is 9.80 Å². The summed E-state index contributed by atoms with van der Waals surface area (Å²) in [6.45, 7) is 2.93. The van der Waals surface area contributed by atoms with Crippen molar-refractivity contribution in [2.75, 3.05) is 38.6 Å². The molecule has 2 aliphatic heterocycles. The van der Waals surface area contributed by atoms with Gasteiger partial charge in [0.2, 0.25) is 5.95 Å². The fourth-order valence-corrected chi connectivity index (χ4v) is 3.73. The highest BCUT2D eigenvalue weighted by atomic mass is 32.2. The van der Waals surface area contributed by atoms with Crippen molar-refractivity contribution in [3.8, 4) is 0 Å². The number of imide groups is 1. The first-order chi connectivity index (χ1) is 11.5. The topological polar surface area (TPSA) is 78.4 Å². The number of carbonyl (C=O) groups excluding carboxylic acids is 2. The molecule has 0 aromatic carbocycles. The van der Waals surface area contributed by atoms with Crippen molar-refractivity contribution in [2.24, 2.45) is 5.92 Å². The van der Waals surface area contributed by atoms with Crippen LogP contribution in [0.4, 0.5) is 10.7 Å². The lowest BCUT2D eigenvalue weighted by atomic mass is 9.98. The highest BCUT2D eigenvalue weighted by Crippen LogP contribution is 2.26. The van der Waals surface area contributed by atoms with Gasteiger partial charge in [0.25, 0.3) is 11.1 Å². The lowest BCUT2D eigenvalue weighted by Gasteiger charge is -2.34. The summed E-state index contributed by atoms with van der Waals surface area (Å²) >= 11 is 0.899. The largest absolute Gasteiger partial charge is 0.340 e. The Labute approximate surface area is 145 Å². The molecular formula is C16H21N5O2S. The number of amides is 2. The third-order valence-corrected chi connectivity index (χ3v) is 4.82. The van der Waals surface area contributed by atoms with E-state index in [0.717, 1.165) is 37.8 Å². The molecule has 1 aromatic rings. The third kappa shape index (κ3) is 4.12. The van der Waals surface area contributed by atoms with Crippen LogP contribution >= 0.6 is 11.8 Å². The molecule has 2 aliphatic rings. The molecule has 3 heterocycles. The normalized spacial score (nSPS) is 23.2. The van der Waals surface area contributed by atoms with Gasteiger partial charge in [-0.2, -0.15) is 0 Å². The minimum absolute atomic E-state index is 0.344. The minimum Gasteiger partial charge on any atom is -0.340 e. The molecule has 0 saturated carbocycles. The summed E-state index contributed by atoms with van der Waals surface area (Å²) in [6, 6.07) is 1.74. The molecule has 1 unspecified atom stereocenters. The van der Waals surface area contributed by atoms with Crippen LogP contribution in [0.15, 0.2) is 17.2 Å². The van der Waals surface area contributed by atoms with Gasteiger partial charge in [0.05, 0.1) is 10.6 Å². The average molecular weight is 347 g/mol. The summed E-state index contributed by atoms with van der Waals surface area (Å²) < 4.78 is 0. The Kier molecular flexibility index (Phi) is 5.15. The molecule has 1 aromatic heterocycles. The van der Waals surface area contributed by atoms with E-state index in [2.05, 4.69) is 39.2 Å². The number of carbonyl (C=O) groups is 2. The van der Waals surface area contributed by atoms with E-state index < -0.39 is 0 Å². The SMILES string of the molecule is CN(C)CC1CCCN(c2nccc(/C=C3\SC(=O)NC3=O)n2)C1. The van der Waals surface area contributed by atoms with Crippen molar-refractivity contribution < 1.29 is 9.59 Å². The lowest BCUT2D eigenvalue weighted by molar-refractivity contribution is -0.115. The Morgan fingerprint density at radius 3 is 3.00 bits per heavy atom. The maximum atomic E-state index is 11.6. The number of hydrogen-bond acceptors (Lipinski definition) is 7. The Morgan fingerprint density at radius 2 is 2.29 bits per heavy atom. The van der Waals surface area contributed by atoms with Gasteiger partial charge in [-0.15, -0.1) is 0 Å². The second-order valence-electron chi connectivity index (χ2n) is 6.35. The lowest BCUT2D eigenvalue weighted by Crippen LogP contribution is -2.40. The molecule has 1 N–H and O–H groups in total. The van der Waals surface area contributed by atoms with E-state index >= 15 is 0 Å². The van der Waals surface area contributed by atoms with Gasteiger partial charge in [0.15, 0.2) is 0 Å². The first-order valence-electron chi connectivity index (χ1n) is 7.99. The number of aromatic nitrogens is 2. The van der Waals surface area contributed by atoms with Crippen LogP contribution in [0.25, 0.3) is 6.08 Å². The fraction of sp³-hybridized carbons (Fsp3) is 0.500. The van der Waals surface area contributed by atoms with Crippen molar-refractivity contribution in [1.29, 1.82) is 0 Å². The van der Waals surface area contributed by atoms with Crippen molar-refractivity contribution in [2.45, 2.75) is 12.8 Å². The van der Waals surface area contributed by atoms with Crippen molar-refractivity contribution >= 4 is 34.9 Å². The zero-order chi connectivity index (χ0) is 17.1. The van der Waals surface area contributed by atoms with Crippen LogP contribution in [0.3, 0.4) is 0 Å². The second kappa shape index (κ2) is 7.31. The van der Waals surface area contributed by atoms with Crippen molar-refractivity contribution in [3.05, 3.63) is 22.9 Å². The number of rotatable bonds is 4. The van der Waals surface area contributed by atoms with Crippen molar-refractivity contribution in [3.63, 3.8) is 0 Å². The van der Waals surface area contributed by atoms with Crippen LogP contribution in [0.1, 0.15) is 18.5 Å². The quantitative estimate of drug-likeness (QED) is 0.829. The van der Waals surface area contributed by atoms with E-state index in [0.29, 0.717) is 22.5 Å².